The summed E-state index contributed by atoms with van der Waals surface area (Å²) in [5, 5.41) is 0. The fourth-order valence-corrected chi connectivity index (χ4v) is 4.22. The second kappa shape index (κ2) is 8.11. The third-order valence-corrected chi connectivity index (χ3v) is 5.65. The van der Waals surface area contributed by atoms with Crippen LogP contribution < -0.4 is 0 Å². The van der Waals surface area contributed by atoms with Crippen LogP contribution in [0.3, 0.4) is 0 Å². The van der Waals surface area contributed by atoms with Gasteiger partial charge in [0.1, 0.15) is 15.5 Å². The maximum Gasteiger partial charge on any atom is 0.140 e. The molecule has 136 valence electrons. The van der Waals surface area contributed by atoms with Crippen molar-refractivity contribution in [2.75, 3.05) is 13.1 Å². The molecule has 2 aromatic carbocycles. The zero-order valence-electron chi connectivity index (χ0n) is 15.0. The molecule has 1 aliphatic heterocycles. The molecule has 0 spiro atoms. The van der Waals surface area contributed by atoms with Crippen LogP contribution in [0.4, 0.5) is 0 Å². The summed E-state index contributed by atoms with van der Waals surface area (Å²) < 4.78 is 0.557. The molecule has 1 saturated heterocycles. The Morgan fingerprint density at radius 2 is 1.44 bits per heavy atom. The lowest BCUT2D eigenvalue weighted by Gasteiger charge is -2.30. The number of likely N-dealkylation sites (tertiary alicyclic amines) is 1. The summed E-state index contributed by atoms with van der Waals surface area (Å²) in [6.07, 6.45) is 3.61. The van der Waals surface area contributed by atoms with Gasteiger partial charge >= 0.3 is 0 Å². The zero-order chi connectivity index (χ0) is 18.6. The summed E-state index contributed by atoms with van der Waals surface area (Å²) >= 11 is 11.6. The van der Waals surface area contributed by atoms with Crippen molar-refractivity contribution in [3.63, 3.8) is 0 Å². The smallest absolute Gasteiger partial charge is 0.140 e. The van der Waals surface area contributed by atoms with Gasteiger partial charge in [-0.15, -0.1) is 0 Å². The molecule has 4 rings (SSSR count). The van der Waals surface area contributed by atoms with Crippen molar-refractivity contribution in [1.29, 1.82) is 0 Å². The first-order valence-corrected chi connectivity index (χ1v) is 10.1. The Morgan fingerprint density at radius 1 is 0.852 bits per heavy atom. The standard InChI is InChI=1S/C22H21N3S2/c26-21-18(22(27)25-14-8-3-9-15-25)19(16-10-4-1-5-11-16)23-20(24-21)17-12-6-2-7-13-17/h1-2,4-7,10-13H,3,8-9,14-15H2,(H,23,24,26). The minimum atomic E-state index is 0.557. The van der Waals surface area contributed by atoms with Gasteiger partial charge in [0.2, 0.25) is 0 Å². The first kappa shape index (κ1) is 18.0. The molecule has 2 heterocycles. The minimum absolute atomic E-state index is 0.557. The first-order valence-electron chi connectivity index (χ1n) is 9.28. The number of hydrogen-bond acceptors (Lipinski definition) is 3. The number of thiocarbonyl (C=S) groups is 1. The molecule has 0 atom stereocenters. The molecule has 5 heteroatoms. The van der Waals surface area contributed by atoms with E-state index in [2.05, 4.69) is 22.0 Å². The molecule has 1 N–H and O–H groups in total. The summed E-state index contributed by atoms with van der Waals surface area (Å²) in [7, 11) is 0. The number of benzene rings is 2. The van der Waals surface area contributed by atoms with Gasteiger partial charge in [-0.1, -0.05) is 85.1 Å². The van der Waals surface area contributed by atoms with Gasteiger partial charge in [-0.05, 0) is 24.8 Å². The SMILES string of the molecule is S=C(c1c(-c2ccccc2)[nH]c(-c2ccccc2)nc1=S)N1CCCCC1. The molecule has 0 unspecified atom stereocenters. The molecule has 1 aliphatic rings. The Hall–Kier alpha value is -2.37. The molecule has 1 aromatic heterocycles. The molecule has 3 aromatic rings. The third kappa shape index (κ3) is 3.84. The van der Waals surface area contributed by atoms with E-state index in [1.54, 1.807) is 0 Å². The number of aromatic amines is 1. The van der Waals surface area contributed by atoms with Crippen molar-refractivity contribution in [3.8, 4) is 22.6 Å². The fourth-order valence-electron chi connectivity index (χ4n) is 3.48. The second-order valence-corrected chi connectivity index (χ2v) is 7.50. The van der Waals surface area contributed by atoms with Gasteiger partial charge in [0, 0.05) is 18.7 Å². The number of aromatic nitrogens is 2. The summed E-state index contributed by atoms with van der Waals surface area (Å²) in [5.74, 6) is 0.768. The molecule has 3 nitrogen and oxygen atoms in total. The average molecular weight is 392 g/mol. The number of H-pyrrole nitrogens is 1. The highest BCUT2D eigenvalue weighted by molar-refractivity contribution is 7.80. The predicted molar refractivity (Wildman–Crippen MR) is 117 cm³/mol. The van der Waals surface area contributed by atoms with E-state index >= 15 is 0 Å². The van der Waals surface area contributed by atoms with Gasteiger partial charge < -0.3 is 9.88 Å². The Kier molecular flexibility index (Phi) is 5.41. The van der Waals surface area contributed by atoms with Crippen LogP contribution in [0.1, 0.15) is 24.8 Å². The maximum absolute atomic E-state index is 5.87. The van der Waals surface area contributed by atoms with Crippen LogP contribution in [0.2, 0.25) is 0 Å². The van der Waals surface area contributed by atoms with E-state index in [1.807, 2.05) is 48.5 Å². The quantitative estimate of drug-likeness (QED) is 0.586. The summed E-state index contributed by atoms with van der Waals surface area (Å²) in [6, 6.07) is 20.3. The van der Waals surface area contributed by atoms with Crippen molar-refractivity contribution in [1.82, 2.24) is 14.9 Å². The maximum atomic E-state index is 5.87. The predicted octanol–water partition coefficient (Wildman–Crippen LogP) is 5.63. The minimum Gasteiger partial charge on any atom is -0.362 e. The lowest BCUT2D eigenvalue weighted by Crippen LogP contribution is -2.35. The van der Waals surface area contributed by atoms with E-state index in [0.29, 0.717) is 4.64 Å². The highest BCUT2D eigenvalue weighted by Gasteiger charge is 2.21. The Balaban J connectivity index is 1.87. The van der Waals surface area contributed by atoms with E-state index in [4.69, 9.17) is 29.4 Å². The lowest BCUT2D eigenvalue weighted by molar-refractivity contribution is 0.347. The normalized spacial score (nSPS) is 14.1. The zero-order valence-corrected chi connectivity index (χ0v) is 16.7. The lowest BCUT2D eigenvalue weighted by atomic mass is 10.0. The largest absolute Gasteiger partial charge is 0.362 e. The highest BCUT2D eigenvalue weighted by atomic mass is 32.1. The van der Waals surface area contributed by atoms with E-state index in [9.17, 15) is 0 Å². The van der Waals surface area contributed by atoms with Crippen LogP contribution in [0, 0.1) is 4.64 Å². The second-order valence-electron chi connectivity index (χ2n) is 6.73. The molecule has 27 heavy (non-hydrogen) atoms. The third-order valence-electron chi connectivity index (χ3n) is 4.89. The first-order chi connectivity index (χ1) is 13.2. The van der Waals surface area contributed by atoms with Gasteiger partial charge in [0.05, 0.1) is 11.3 Å². The molecular formula is C22H21N3S2. The number of nitrogens with zero attached hydrogens (tertiary/aromatic N) is 2. The fraction of sp³-hybridized carbons (Fsp3) is 0.227. The topological polar surface area (TPSA) is 31.9 Å². The van der Waals surface area contributed by atoms with E-state index < -0.39 is 0 Å². The van der Waals surface area contributed by atoms with E-state index in [0.717, 1.165) is 46.3 Å². The van der Waals surface area contributed by atoms with Crippen LogP contribution in [0.25, 0.3) is 22.6 Å². The average Bonchev–Trinajstić information content (AvgIpc) is 2.74. The number of rotatable bonds is 3. The molecule has 1 fully saturated rings. The number of piperidine rings is 1. The summed E-state index contributed by atoms with van der Waals surface area (Å²) in [5.41, 5.74) is 3.89. The molecule has 0 radical (unpaired) electrons. The summed E-state index contributed by atoms with van der Waals surface area (Å²) in [6.45, 7) is 1.98. The number of nitrogens with one attached hydrogen (secondary N) is 1. The van der Waals surface area contributed by atoms with E-state index in [1.165, 1.54) is 19.3 Å². The van der Waals surface area contributed by atoms with Gasteiger partial charge in [0.25, 0.3) is 0 Å². The van der Waals surface area contributed by atoms with Crippen LogP contribution in [-0.2, 0) is 0 Å². The van der Waals surface area contributed by atoms with Crippen LogP contribution in [0.15, 0.2) is 60.7 Å². The monoisotopic (exact) mass is 391 g/mol. The Labute approximate surface area is 170 Å². The van der Waals surface area contributed by atoms with Crippen molar-refractivity contribution >= 4 is 29.4 Å². The van der Waals surface area contributed by atoms with Crippen LogP contribution in [0.5, 0.6) is 0 Å². The molecule has 0 aliphatic carbocycles. The molecular weight excluding hydrogens is 370 g/mol. The molecule has 0 saturated carbocycles. The van der Waals surface area contributed by atoms with Gasteiger partial charge in [0.15, 0.2) is 0 Å². The Morgan fingerprint density at radius 3 is 2.07 bits per heavy atom. The van der Waals surface area contributed by atoms with Gasteiger partial charge in [-0.3, -0.25) is 0 Å². The molecule has 0 amide bonds. The van der Waals surface area contributed by atoms with Crippen molar-refractivity contribution in [3.05, 3.63) is 70.9 Å². The Bertz CT molecular complexity index is 991. The van der Waals surface area contributed by atoms with E-state index in [-0.39, 0.29) is 0 Å². The van der Waals surface area contributed by atoms with Crippen molar-refractivity contribution < 1.29 is 0 Å². The van der Waals surface area contributed by atoms with Gasteiger partial charge in [-0.25, -0.2) is 4.98 Å². The van der Waals surface area contributed by atoms with Gasteiger partial charge in [-0.2, -0.15) is 0 Å². The summed E-state index contributed by atoms with van der Waals surface area (Å²) in [4.78, 5) is 11.3. The van der Waals surface area contributed by atoms with Crippen LogP contribution in [-0.4, -0.2) is 32.9 Å². The van der Waals surface area contributed by atoms with Crippen LogP contribution >= 0.6 is 24.4 Å². The molecule has 0 bridgehead atoms. The highest BCUT2D eigenvalue weighted by Crippen LogP contribution is 2.28. The van der Waals surface area contributed by atoms with Crippen molar-refractivity contribution in [2.45, 2.75) is 19.3 Å². The van der Waals surface area contributed by atoms with Crippen molar-refractivity contribution in [2.24, 2.45) is 0 Å². The number of hydrogen-bond donors (Lipinski definition) is 1.